The molecule has 0 radical (unpaired) electrons. The van der Waals surface area contributed by atoms with Crippen LogP contribution in [0.4, 0.5) is 0 Å². The Balaban J connectivity index is 2.51. The second-order valence-corrected chi connectivity index (χ2v) is 2.30. The highest BCUT2D eigenvalue weighted by Gasteiger charge is 2.06. The Morgan fingerprint density at radius 1 is 1.33 bits per heavy atom. The van der Waals surface area contributed by atoms with Gasteiger partial charge in [-0.2, -0.15) is 0 Å². The summed E-state index contributed by atoms with van der Waals surface area (Å²) in [6.45, 7) is 0. The van der Waals surface area contributed by atoms with Crippen LogP contribution >= 0.6 is 0 Å². The fourth-order valence-corrected chi connectivity index (χ4v) is 0.869. The Labute approximate surface area is 71.6 Å². The molecule has 4 heteroatoms. The van der Waals surface area contributed by atoms with Gasteiger partial charge in [0.05, 0.1) is 5.69 Å². The molecule has 0 aliphatic rings. The van der Waals surface area contributed by atoms with Gasteiger partial charge in [-0.15, -0.1) is 0 Å². The summed E-state index contributed by atoms with van der Waals surface area (Å²) in [7, 11) is 3.20. The van der Waals surface area contributed by atoms with Crippen LogP contribution in [0.25, 0.3) is 0 Å². The van der Waals surface area contributed by atoms with Gasteiger partial charge in [-0.05, 0) is 0 Å². The van der Waals surface area contributed by atoms with Crippen molar-refractivity contribution in [2.45, 2.75) is 12.7 Å². The van der Waals surface area contributed by atoms with Gasteiger partial charge >= 0.3 is 0 Å². The zero-order valence-corrected chi connectivity index (χ0v) is 7.23. The van der Waals surface area contributed by atoms with Crippen LogP contribution in [-0.4, -0.2) is 30.5 Å². The van der Waals surface area contributed by atoms with Crippen LogP contribution < -0.4 is 0 Å². The van der Waals surface area contributed by atoms with Crippen molar-refractivity contribution >= 4 is 0 Å². The molecular formula is C8H12N2O2. The van der Waals surface area contributed by atoms with Crippen LogP contribution in [0, 0.1) is 0 Å². The van der Waals surface area contributed by atoms with E-state index < -0.39 is 0 Å². The van der Waals surface area contributed by atoms with Crippen LogP contribution in [-0.2, 0) is 15.9 Å². The molecule has 0 aliphatic heterocycles. The lowest BCUT2D eigenvalue weighted by molar-refractivity contribution is -0.101. The molecular weight excluding hydrogens is 156 g/mol. The highest BCUT2D eigenvalue weighted by atomic mass is 16.7. The molecule has 0 unspecified atom stereocenters. The zero-order valence-electron chi connectivity index (χ0n) is 7.23. The van der Waals surface area contributed by atoms with E-state index in [1.165, 1.54) is 0 Å². The summed E-state index contributed by atoms with van der Waals surface area (Å²) >= 11 is 0. The summed E-state index contributed by atoms with van der Waals surface area (Å²) in [5, 5.41) is 0. The Morgan fingerprint density at radius 2 is 2.08 bits per heavy atom. The monoisotopic (exact) mass is 168 g/mol. The lowest BCUT2D eigenvalue weighted by atomic mass is 10.3. The van der Waals surface area contributed by atoms with Crippen molar-refractivity contribution in [3.8, 4) is 0 Å². The third kappa shape index (κ3) is 2.56. The SMILES string of the molecule is COC(Cc1cnccn1)OC. The van der Waals surface area contributed by atoms with E-state index in [0.29, 0.717) is 6.42 Å². The fraction of sp³-hybridized carbons (Fsp3) is 0.500. The van der Waals surface area contributed by atoms with Gasteiger partial charge in [-0.1, -0.05) is 0 Å². The van der Waals surface area contributed by atoms with E-state index in [1.807, 2.05) is 0 Å². The average Bonchev–Trinajstić information content (AvgIpc) is 2.16. The van der Waals surface area contributed by atoms with E-state index in [2.05, 4.69) is 9.97 Å². The Bertz CT molecular complexity index is 212. The lowest BCUT2D eigenvalue weighted by Crippen LogP contribution is -2.16. The maximum absolute atomic E-state index is 5.01. The minimum atomic E-state index is -0.235. The van der Waals surface area contributed by atoms with Crippen LogP contribution in [0.15, 0.2) is 18.6 Å². The molecule has 12 heavy (non-hydrogen) atoms. The molecule has 0 atom stereocenters. The third-order valence-electron chi connectivity index (χ3n) is 1.52. The molecule has 4 nitrogen and oxygen atoms in total. The van der Waals surface area contributed by atoms with Crippen LogP contribution in [0.2, 0.25) is 0 Å². The molecule has 1 rings (SSSR count). The van der Waals surface area contributed by atoms with Crippen molar-refractivity contribution in [2.75, 3.05) is 14.2 Å². The fourth-order valence-electron chi connectivity index (χ4n) is 0.869. The Morgan fingerprint density at radius 3 is 2.58 bits per heavy atom. The van der Waals surface area contributed by atoms with Gasteiger partial charge in [0.25, 0.3) is 0 Å². The number of methoxy groups -OCH3 is 2. The predicted octanol–water partition coefficient (Wildman–Crippen LogP) is 0.638. The Kier molecular flexibility index (Phi) is 3.63. The van der Waals surface area contributed by atoms with Gasteiger partial charge in [-0.25, -0.2) is 0 Å². The van der Waals surface area contributed by atoms with Crippen LogP contribution in [0.3, 0.4) is 0 Å². The second-order valence-electron chi connectivity index (χ2n) is 2.30. The van der Waals surface area contributed by atoms with E-state index in [9.17, 15) is 0 Å². The molecule has 0 aliphatic carbocycles. The van der Waals surface area contributed by atoms with Crippen molar-refractivity contribution in [3.05, 3.63) is 24.3 Å². The molecule has 1 aromatic heterocycles. The molecule has 0 saturated carbocycles. The molecule has 0 bridgehead atoms. The van der Waals surface area contributed by atoms with Crippen molar-refractivity contribution < 1.29 is 9.47 Å². The molecule has 0 amide bonds. The van der Waals surface area contributed by atoms with E-state index in [4.69, 9.17) is 9.47 Å². The van der Waals surface area contributed by atoms with Crippen molar-refractivity contribution in [3.63, 3.8) is 0 Å². The quantitative estimate of drug-likeness (QED) is 0.619. The highest BCUT2D eigenvalue weighted by Crippen LogP contribution is 2.00. The van der Waals surface area contributed by atoms with Gasteiger partial charge in [-0.3, -0.25) is 9.97 Å². The summed E-state index contributed by atoms with van der Waals surface area (Å²) in [6.07, 6.45) is 5.38. The maximum atomic E-state index is 5.01. The molecule has 1 heterocycles. The first-order valence-electron chi connectivity index (χ1n) is 3.67. The van der Waals surface area contributed by atoms with Crippen molar-refractivity contribution in [1.29, 1.82) is 0 Å². The molecule has 66 valence electrons. The predicted molar refractivity (Wildman–Crippen MR) is 43.5 cm³/mol. The normalized spacial score (nSPS) is 10.6. The van der Waals surface area contributed by atoms with E-state index >= 15 is 0 Å². The third-order valence-corrected chi connectivity index (χ3v) is 1.52. The summed E-state index contributed by atoms with van der Waals surface area (Å²) < 4.78 is 10.0. The smallest absolute Gasteiger partial charge is 0.162 e. The number of ether oxygens (including phenoxy) is 2. The summed E-state index contributed by atoms with van der Waals surface area (Å²) in [5.74, 6) is 0. The minimum absolute atomic E-state index is 0.235. The van der Waals surface area contributed by atoms with E-state index in [-0.39, 0.29) is 6.29 Å². The summed E-state index contributed by atoms with van der Waals surface area (Å²) in [5.41, 5.74) is 0.867. The number of hydrogen-bond acceptors (Lipinski definition) is 4. The second kappa shape index (κ2) is 4.79. The lowest BCUT2D eigenvalue weighted by Gasteiger charge is -2.11. The average molecular weight is 168 g/mol. The molecule has 0 N–H and O–H groups in total. The van der Waals surface area contributed by atoms with Crippen molar-refractivity contribution in [1.82, 2.24) is 9.97 Å². The van der Waals surface area contributed by atoms with E-state index in [1.54, 1.807) is 32.8 Å². The minimum Gasteiger partial charge on any atom is -0.356 e. The molecule has 0 fully saturated rings. The van der Waals surface area contributed by atoms with Gasteiger partial charge in [0.1, 0.15) is 0 Å². The molecule has 1 aromatic rings. The highest BCUT2D eigenvalue weighted by molar-refractivity contribution is 4.95. The topological polar surface area (TPSA) is 44.2 Å². The maximum Gasteiger partial charge on any atom is 0.162 e. The van der Waals surface area contributed by atoms with Crippen LogP contribution in [0.1, 0.15) is 5.69 Å². The first-order chi connectivity index (χ1) is 5.86. The van der Waals surface area contributed by atoms with Crippen LogP contribution in [0.5, 0.6) is 0 Å². The number of rotatable bonds is 4. The number of nitrogens with zero attached hydrogens (tertiary/aromatic N) is 2. The standard InChI is InChI=1S/C8H12N2O2/c1-11-8(12-2)5-7-6-9-3-4-10-7/h3-4,6,8H,5H2,1-2H3. The zero-order chi connectivity index (χ0) is 8.81. The molecule has 0 aromatic carbocycles. The number of hydrogen-bond donors (Lipinski definition) is 0. The van der Waals surface area contributed by atoms with Gasteiger partial charge in [0, 0.05) is 39.2 Å². The number of aromatic nitrogens is 2. The first kappa shape index (κ1) is 9.09. The molecule has 0 saturated heterocycles. The van der Waals surface area contributed by atoms with Gasteiger partial charge in [0.2, 0.25) is 0 Å². The van der Waals surface area contributed by atoms with Crippen molar-refractivity contribution in [2.24, 2.45) is 0 Å². The van der Waals surface area contributed by atoms with E-state index in [0.717, 1.165) is 5.69 Å². The largest absolute Gasteiger partial charge is 0.356 e. The summed E-state index contributed by atoms with van der Waals surface area (Å²) in [4.78, 5) is 8.02. The molecule has 0 spiro atoms. The Hall–Kier alpha value is -1.00. The van der Waals surface area contributed by atoms with Gasteiger partial charge in [0.15, 0.2) is 6.29 Å². The first-order valence-corrected chi connectivity index (χ1v) is 3.67. The van der Waals surface area contributed by atoms with Gasteiger partial charge < -0.3 is 9.47 Å². The summed E-state index contributed by atoms with van der Waals surface area (Å²) in [6, 6.07) is 0.